The van der Waals surface area contributed by atoms with Crippen LogP contribution < -0.4 is 5.32 Å². The summed E-state index contributed by atoms with van der Waals surface area (Å²) in [5.74, 6) is 0.699. The number of hydrogen-bond acceptors (Lipinski definition) is 2. The van der Waals surface area contributed by atoms with E-state index in [1.54, 1.807) is 0 Å². The lowest BCUT2D eigenvalue weighted by Gasteiger charge is -2.31. The highest BCUT2D eigenvalue weighted by Crippen LogP contribution is 2.32. The zero-order valence-corrected chi connectivity index (χ0v) is 12.0. The van der Waals surface area contributed by atoms with Crippen molar-refractivity contribution in [1.82, 2.24) is 5.32 Å². The Morgan fingerprint density at radius 2 is 1.67 bits per heavy atom. The summed E-state index contributed by atoms with van der Waals surface area (Å²) in [7, 11) is 2.08. The molecule has 0 spiro atoms. The second-order valence-electron chi connectivity index (χ2n) is 5.51. The van der Waals surface area contributed by atoms with E-state index in [1.165, 1.54) is 22.3 Å². The summed E-state index contributed by atoms with van der Waals surface area (Å²) >= 11 is 0. The average molecular weight is 247 g/mol. The van der Waals surface area contributed by atoms with Crippen molar-refractivity contribution in [1.29, 1.82) is 0 Å². The smallest absolute Gasteiger partial charge is 0.0469 e. The molecule has 1 atom stereocenters. The van der Waals surface area contributed by atoms with E-state index in [4.69, 9.17) is 4.74 Å². The van der Waals surface area contributed by atoms with E-state index in [0.717, 1.165) is 26.1 Å². The topological polar surface area (TPSA) is 21.3 Å². The number of nitrogens with one attached hydrogen (secondary N) is 1. The standard InChI is InChI=1S/C16H25NO/c1-11-9-13(3)15(10-12(11)2)16(17-4)14-5-7-18-8-6-14/h9-10,14,16-17H,5-8H2,1-4H3. The van der Waals surface area contributed by atoms with Crippen molar-refractivity contribution < 1.29 is 4.74 Å². The highest BCUT2D eigenvalue weighted by molar-refractivity contribution is 5.38. The molecule has 1 fully saturated rings. The molecular weight excluding hydrogens is 222 g/mol. The molecule has 0 bridgehead atoms. The van der Waals surface area contributed by atoms with Gasteiger partial charge in [0.05, 0.1) is 0 Å². The van der Waals surface area contributed by atoms with Crippen molar-refractivity contribution >= 4 is 0 Å². The van der Waals surface area contributed by atoms with Gasteiger partial charge < -0.3 is 10.1 Å². The van der Waals surface area contributed by atoms with Crippen molar-refractivity contribution in [2.24, 2.45) is 5.92 Å². The fraction of sp³-hybridized carbons (Fsp3) is 0.625. The molecule has 0 saturated carbocycles. The molecule has 0 aliphatic carbocycles. The van der Waals surface area contributed by atoms with Gasteiger partial charge in [-0.3, -0.25) is 0 Å². The van der Waals surface area contributed by atoms with E-state index in [-0.39, 0.29) is 0 Å². The van der Waals surface area contributed by atoms with Crippen LogP contribution in [0.5, 0.6) is 0 Å². The van der Waals surface area contributed by atoms with E-state index in [2.05, 4.69) is 45.3 Å². The molecule has 1 heterocycles. The normalized spacial score (nSPS) is 18.9. The molecule has 1 aliphatic rings. The van der Waals surface area contributed by atoms with Crippen LogP contribution in [0.3, 0.4) is 0 Å². The van der Waals surface area contributed by atoms with Gasteiger partial charge in [-0.05, 0) is 68.8 Å². The van der Waals surface area contributed by atoms with Gasteiger partial charge in [-0.2, -0.15) is 0 Å². The van der Waals surface area contributed by atoms with Crippen LogP contribution in [-0.4, -0.2) is 20.3 Å². The van der Waals surface area contributed by atoms with E-state index in [1.807, 2.05) is 0 Å². The molecule has 1 aliphatic heterocycles. The minimum Gasteiger partial charge on any atom is -0.381 e. The second-order valence-corrected chi connectivity index (χ2v) is 5.51. The van der Waals surface area contributed by atoms with Gasteiger partial charge in [0.1, 0.15) is 0 Å². The van der Waals surface area contributed by atoms with E-state index < -0.39 is 0 Å². The summed E-state index contributed by atoms with van der Waals surface area (Å²) < 4.78 is 5.48. The van der Waals surface area contributed by atoms with E-state index >= 15 is 0 Å². The van der Waals surface area contributed by atoms with E-state index in [0.29, 0.717) is 12.0 Å². The van der Waals surface area contributed by atoms with Crippen LogP contribution in [0.15, 0.2) is 12.1 Å². The molecule has 1 N–H and O–H groups in total. The predicted molar refractivity (Wildman–Crippen MR) is 76.0 cm³/mol. The maximum Gasteiger partial charge on any atom is 0.0469 e. The molecule has 2 nitrogen and oxygen atoms in total. The summed E-state index contributed by atoms with van der Waals surface area (Å²) in [5, 5.41) is 3.52. The van der Waals surface area contributed by atoms with Crippen molar-refractivity contribution in [3.63, 3.8) is 0 Å². The predicted octanol–water partition coefficient (Wildman–Crippen LogP) is 3.30. The number of rotatable bonds is 3. The SMILES string of the molecule is CNC(c1cc(C)c(C)cc1C)C1CCOCC1. The van der Waals surface area contributed by atoms with Gasteiger partial charge in [-0.15, -0.1) is 0 Å². The Hall–Kier alpha value is -0.860. The van der Waals surface area contributed by atoms with Crippen LogP contribution in [0.1, 0.15) is 41.1 Å². The van der Waals surface area contributed by atoms with Crippen molar-refractivity contribution in [2.75, 3.05) is 20.3 Å². The number of hydrogen-bond donors (Lipinski definition) is 1. The minimum absolute atomic E-state index is 0.466. The summed E-state index contributed by atoms with van der Waals surface area (Å²) in [6.45, 7) is 8.44. The molecule has 2 heteroatoms. The summed E-state index contributed by atoms with van der Waals surface area (Å²) in [6, 6.07) is 5.14. The third-order valence-corrected chi connectivity index (χ3v) is 4.27. The Balaban J connectivity index is 2.28. The first-order valence-corrected chi connectivity index (χ1v) is 6.96. The third kappa shape index (κ3) is 2.76. The summed E-state index contributed by atoms with van der Waals surface area (Å²) in [5.41, 5.74) is 5.65. The molecule has 18 heavy (non-hydrogen) atoms. The van der Waals surface area contributed by atoms with Crippen LogP contribution in [0, 0.1) is 26.7 Å². The van der Waals surface area contributed by atoms with Gasteiger partial charge in [0.2, 0.25) is 0 Å². The molecule has 1 aromatic rings. The molecule has 1 saturated heterocycles. The maximum atomic E-state index is 5.48. The molecule has 1 unspecified atom stereocenters. The number of aryl methyl sites for hydroxylation is 3. The van der Waals surface area contributed by atoms with Crippen LogP contribution in [0.25, 0.3) is 0 Å². The van der Waals surface area contributed by atoms with Crippen molar-refractivity contribution in [3.05, 3.63) is 34.4 Å². The fourth-order valence-electron chi connectivity index (χ4n) is 3.01. The lowest BCUT2D eigenvalue weighted by Crippen LogP contribution is -2.30. The molecule has 100 valence electrons. The molecule has 0 amide bonds. The van der Waals surface area contributed by atoms with Crippen LogP contribution in [0.2, 0.25) is 0 Å². The van der Waals surface area contributed by atoms with Gasteiger partial charge in [0.15, 0.2) is 0 Å². The highest BCUT2D eigenvalue weighted by Gasteiger charge is 2.25. The van der Waals surface area contributed by atoms with Gasteiger partial charge in [0, 0.05) is 19.3 Å². The van der Waals surface area contributed by atoms with Crippen molar-refractivity contribution in [3.8, 4) is 0 Å². The maximum absolute atomic E-state index is 5.48. The molecular formula is C16H25NO. The Bertz CT molecular complexity index is 408. The molecule has 2 rings (SSSR count). The van der Waals surface area contributed by atoms with Crippen LogP contribution in [-0.2, 0) is 4.74 Å². The fourth-order valence-corrected chi connectivity index (χ4v) is 3.01. The quantitative estimate of drug-likeness (QED) is 0.885. The minimum atomic E-state index is 0.466. The Morgan fingerprint density at radius 1 is 1.06 bits per heavy atom. The first-order chi connectivity index (χ1) is 8.63. The molecule has 1 aromatic carbocycles. The van der Waals surface area contributed by atoms with Gasteiger partial charge in [-0.25, -0.2) is 0 Å². The summed E-state index contributed by atoms with van der Waals surface area (Å²) in [6.07, 6.45) is 2.33. The lowest BCUT2D eigenvalue weighted by atomic mass is 9.84. The third-order valence-electron chi connectivity index (χ3n) is 4.27. The van der Waals surface area contributed by atoms with Gasteiger partial charge in [-0.1, -0.05) is 12.1 Å². The van der Waals surface area contributed by atoms with Crippen molar-refractivity contribution in [2.45, 2.75) is 39.7 Å². The second kappa shape index (κ2) is 5.85. The lowest BCUT2D eigenvalue weighted by molar-refractivity contribution is 0.0545. The first-order valence-electron chi connectivity index (χ1n) is 6.96. The Morgan fingerprint density at radius 3 is 2.28 bits per heavy atom. The summed E-state index contributed by atoms with van der Waals surface area (Å²) in [4.78, 5) is 0. The van der Waals surface area contributed by atoms with Gasteiger partial charge in [0.25, 0.3) is 0 Å². The average Bonchev–Trinajstić information content (AvgIpc) is 2.38. The largest absolute Gasteiger partial charge is 0.381 e. The van der Waals surface area contributed by atoms with E-state index in [9.17, 15) is 0 Å². The molecule has 0 aromatic heterocycles. The van der Waals surface area contributed by atoms with Crippen LogP contribution in [0.4, 0.5) is 0 Å². The monoisotopic (exact) mass is 247 g/mol. The number of benzene rings is 1. The Kier molecular flexibility index (Phi) is 4.41. The zero-order chi connectivity index (χ0) is 13.1. The Labute approximate surface area is 111 Å². The first kappa shape index (κ1) is 13.6. The molecule has 0 radical (unpaired) electrons. The van der Waals surface area contributed by atoms with Gasteiger partial charge >= 0.3 is 0 Å². The highest BCUT2D eigenvalue weighted by atomic mass is 16.5. The number of ether oxygens (including phenoxy) is 1. The zero-order valence-electron chi connectivity index (χ0n) is 12.0. The van der Waals surface area contributed by atoms with Crippen LogP contribution >= 0.6 is 0 Å².